The molecule has 0 saturated heterocycles. The number of rotatable bonds is 3. The first-order valence-corrected chi connectivity index (χ1v) is 6.71. The Morgan fingerprint density at radius 3 is 2.72 bits per heavy atom. The number of nitrogens with zero attached hydrogens (tertiary/aromatic N) is 2. The van der Waals surface area contributed by atoms with Crippen molar-refractivity contribution in [2.24, 2.45) is 4.99 Å². The highest BCUT2D eigenvalue weighted by Gasteiger charge is 2.06. The van der Waals surface area contributed by atoms with Gasteiger partial charge in [0.15, 0.2) is 0 Å². The number of thiophene rings is 1. The molecule has 0 bridgehead atoms. The smallest absolute Gasteiger partial charge is 0.258 e. The zero-order valence-electron chi connectivity index (χ0n) is 9.46. The first kappa shape index (κ1) is 12.9. The van der Waals surface area contributed by atoms with E-state index in [9.17, 15) is 10.1 Å². The summed E-state index contributed by atoms with van der Waals surface area (Å²) in [4.78, 5) is 15.6. The molecular weight excluding hydrogens is 316 g/mol. The highest BCUT2D eigenvalue weighted by atomic mass is 79.9. The molecule has 1 heterocycles. The molecule has 6 heteroatoms. The second kappa shape index (κ2) is 5.41. The average Bonchev–Trinajstić information content (AvgIpc) is 2.73. The second-order valence-electron chi connectivity index (χ2n) is 3.63. The Kier molecular flexibility index (Phi) is 3.88. The molecular formula is C12H9BrN2O2S. The first-order valence-electron chi connectivity index (χ1n) is 5.11. The monoisotopic (exact) mass is 324 g/mol. The van der Waals surface area contributed by atoms with Crippen molar-refractivity contribution >= 4 is 44.9 Å². The van der Waals surface area contributed by atoms with Crippen LogP contribution in [-0.2, 0) is 0 Å². The van der Waals surface area contributed by atoms with E-state index >= 15 is 0 Å². The second-order valence-corrected chi connectivity index (χ2v) is 6.12. The first-order chi connectivity index (χ1) is 8.56. The van der Waals surface area contributed by atoms with Gasteiger partial charge in [0.1, 0.15) is 0 Å². The maximum atomic E-state index is 10.6. The maximum absolute atomic E-state index is 10.6. The maximum Gasteiger partial charge on any atom is 0.269 e. The number of hydrogen-bond acceptors (Lipinski definition) is 4. The normalized spacial score (nSPS) is 11.0. The van der Waals surface area contributed by atoms with Crippen LogP contribution in [0.2, 0.25) is 0 Å². The van der Waals surface area contributed by atoms with E-state index < -0.39 is 4.92 Å². The summed E-state index contributed by atoms with van der Waals surface area (Å²) in [6.45, 7) is 1.81. The SMILES string of the molecule is Cc1cc([N+](=O)[O-])ccc1N=Cc1ccc(Br)s1. The molecule has 0 fully saturated rings. The highest BCUT2D eigenvalue weighted by Crippen LogP contribution is 2.25. The van der Waals surface area contributed by atoms with Crippen molar-refractivity contribution in [2.45, 2.75) is 6.92 Å². The minimum absolute atomic E-state index is 0.0883. The van der Waals surface area contributed by atoms with Gasteiger partial charge in [0.05, 0.1) is 14.4 Å². The van der Waals surface area contributed by atoms with E-state index in [1.165, 1.54) is 12.1 Å². The van der Waals surface area contributed by atoms with Gasteiger partial charge in [0, 0.05) is 23.2 Å². The van der Waals surface area contributed by atoms with Crippen LogP contribution in [0, 0.1) is 17.0 Å². The summed E-state index contributed by atoms with van der Waals surface area (Å²) in [5.74, 6) is 0. The van der Waals surface area contributed by atoms with Crippen LogP contribution >= 0.6 is 27.3 Å². The number of halogens is 1. The summed E-state index contributed by atoms with van der Waals surface area (Å²) in [7, 11) is 0. The fraction of sp³-hybridized carbons (Fsp3) is 0.0833. The van der Waals surface area contributed by atoms with Gasteiger partial charge in [-0.05, 0) is 46.6 Å². The van der Waals surface area contributed by atoms with Gasteiger partial charge in [0.25, 0.3) is 5.69 Å². The minimum atomic E-state index is -0.406. The number of non-ortho nitro benzene ring substituents is 1. The van der Waals surface area contributed by atoms with Gasteiger partial charge >= 0.3 is 0 Å². The summed E-state index contributed by atoms with van der Waals surface area (Å²) in [6, 6.07) is 8.56. The third kappa shape index (κ3) is 3.02. The standard InChI is InChI=1S/C12H9BrN2O2S/c1-8-6-9(15(16)17)2-4-11(8)14-7-10-3-5-12(13)18-10/h2-7H,1H3. The van der Waals surface area contributed by atoms with Gasteiger partial charge in [-0.25, -0.2) is 0 Å². The van der Waals surface area contributed by atoms with Crippen molar-refractivity contribution in [2.75, 3.05) is 0 Å². The van der Waals surface area contributed by atoms with E-state index in [4.69, 9.17) is 0 Å². The number of aryl methyl sites for hydroxylation is 1. The molecule has 4 nitrogen and oxygen atoms in total. The molecule has 0 aliphatic heterocycles. The fourth-order valence-corrected chi connectivity index (χ4v) is 2.72. The van der Waals surface area contributed by atoms with Crippen molar-refractivity contribution in [1.82, 2.24) is 0 Å². The molecule has 0 saturated carbocycles. The number of hydrogen-bond donors (Lipinski definition) is 0. The van der Waals surface area contributed by atoms with Gasteiger partial charge in [-0.2, -0.15) is 0 Å². The molecule has 0 amide bonds. The fourth-order valence-electron chi connectivity index (χ4n) is 1.43. The number of benzene rings is 1. The van der Waals surface area contributed by atoms with Crippen LogP contribution < -0.4 is 0 Å². The van der Waals surface area contributed by atoms with Crippen LogP contribution in [0.5, 0.6) is 0 Å². The quantitative estimate of drug-likeness (QED) is 0.475. The van der Waals surface area contributed by atoms with Crippen molar-refractivity contribution in [1.29, 1.82) is 0 Å². The minimum Gasteiger partial charge on any atom is -0.258 e. The van der Waals surface area contributed by atoms with Crippen LogP contribution in [0.25, 0.3) is 0 Å². The Balaban J connectivity index is 2.24. The topological polar surface area (TPSA) is 55.5 Å². The summed E-state index contributed by atoms with van der Waals surface area (Å²) in [5.41, 5.74) is 1.62. The van der Waals surface area contributed by atoms with E-state index in [1.807, 2.05) is 19.1 Å². The molecule has 0 spiro atoms. The predicted molar refractivity (Wildman–Crippen MR) is 77.1 cm³/mol. The van der Waals surface area contributed by atoms with Gasteiger partial charge in [-0.1, -0.05) is 0 Å². The number of aliphatic imine (C=N–C) groups is 1. The summed E-state index contributed by atoms with van der Waals surface area (Å²) in [5, 5.41) is 10.6. The average molecular weight is 325 g/mol. The molecule has 1 aromatic heterocycles. The van der Waals surface area contributed by atoms with Crippen molar-refractivity contribution in [3.8, 4) is 0 Å². The van der Waals surface area contributed by atoms with E-state index in [1.54, 1.807) is 23.6 Å². The molecule has 92 valence electrons. The lowest BCUT2D eigenvalue weighted by Gasteiger charge is -1.99. The van der Waals surface area contributed by atoms with Gasteiger partial charge in [-0.15, -0.1) is 11.3 Å². The molecule has 2 rings (SSSR count). The van der Waals surface area contributed by atoms with Gasteiger partial charge in [-0.3, -0.25) is 15.1 Å². The summed E-state index contributed by atoms with van der Waals surface area (Å²) in [6.07, 6.45) is 1.75. The lowest BCUT2D eigenvalue weighted by molar-refractivity contribution is -0.384. The molecule has 2 aromatic rings. The van der Waals surface area contributed by atoms with E-state index in [2.05, 4.69) is 20.9 Å². The Hall–Kier alpha value is -1.53. The van der Waals surface area contributed by atoms with Crippen molar-refractivity contribution in [3.05, 3.63) is 54.7 Å². The Labute approximate surface area is 116 Å². The Morgan fingerprint density at radius 2 is 2.17 bits per heavy atom. The molecule has 1 aromatic carbocycles. The van der Waals surface area contributed by atoms with Crippen molar-refractivity contribution < 1.29 is 4.92 Å². The molecule has 0 aliphatic rings. The molecule has 0 atom stereocenters. The van der Waals surface area contributed by atoms with Gasteiger partial charge < -0.3 is 0 Å². The van der Waals surface area contributed by atoms with Crippen LogP contribution in [0.1, 0.15) is 10.4 Å². The summed E-state index contributed by atoms with van der Waals surface area (Å²) < 4.78 is 1.05. The predicted octanol–water partition coefficient (Wildman–Crippen LogP) is 4.48. The van der Waals surface area contributed by atoms with Crippen LogP contribution in [-0.4, -0.2) is 11.1 Å². The van der Waals surface area contributed by atoms with E-state index in [0.717, 1.165) is 19.9 Å². The molecule has 18 heavy (non-hydrogen) atoms. The number of nitro benzene ring substituents is 1. The third-order valence-corrected chi connectivity index (χ3v) is 3.87. The van der Waals surface area contributed by atoms with E-state index in [0.29, 0.717) is 0 Å². The summed E-state index contributed by atoms with van der Waals surface area (Å²) >= 11 is 4.96. The lowest BCUT2D eigenvalue weighted by atomic mass is 10.2. The zero-order chi connectivity index (χ0) is 13.1. The molecule has 0 radical (unpaired) electrons. The lowest BCUT2D eigenvalue weighted by Crippen LogP contribution is -1.88. The van der Waals surface area contributed by atoms with Crippen molar-refractivity contribution in [3.63, 3.8) is 0 Å². The number of nitro groups is 1. The van der Waals surface area contributed by atoms with Gasteiger partial charge in [0.2, 0.25) is 0 Å². The highest BCUT2D eigenvalue weighted by molar-refractivity contribution is 9.11. The van der Waals surface area contributed by atoms with Crippen LogP contribution in [0.15, 0.2) is 39.1 Å². The zero-order valence-corrected chi connectivity index (χ0v) is 11.9. The third-order valence-electron chi connectivity index (χ3n) is 2.32. The Morgan fingerprint density at radius 1 is 1.39 bits per heavy atom. The Bertz CT molecular complexity index is 622. The molecule has 0 aliphatic carbocycles. The molecule has 0 N–H and O–H groups in total. The van der Waals surface area contributed by atoms with Crippen LogP contribution in [0.3, 0.4) is 0 Å². The van der Waals surface area contributed by atoms with E-state index in [-0.39, 0.29) is 5.69 Å². The molecule has 0 unspecified atom stereocenters. The van der Waals surface area contributed by atoms with Crippen LogP contribution in [0.4, 0.5) is 11.4 Å². The largest absolute Gasteiger partial charge is 0.269 e.